The van der Waals surface area contributed by atoms with Crippen LogP contribution in [0.4, 0.5) is 5.69 Å². The lowest BCUT2D eigenvalue weighted by Gasteiger charge is -2.12. The Morgan fingerprint density at radius 2 is 1.81 bits per heavy atom. The number of rotatable bonds is 5. The summed E-state index contributed by atoms with van der Waals surface area (Å²) in [6.45, 7) is 0. The van der Waals surface area contributed by atoms with Crippen molar-refractivity contribution >= 4 is 23.2 Å². The fraction of sp³-hybridized carbons (Fsp3) is 0.111. The molecule has 3 aromatic rings. The Labute approximate surface area is 154 Å². The van der Waals surface area contributed by atoms with Gasteiger partial charge in [0, 0.05) is 23.8 Å². The van der Waals surface area contributed by atoms with Gasteiger partial charge in [0.05, 0.1) is 24.9 Å². The molecule has 1 heterocycles. The second-order valence-electron chi connectivity index (χ2n) is 5.26. The number of halogens is 1. The van der Waals surface area contributed by atoms with Gasteiger partial charge in [-0.3, -0.25) is 4.79 Å². The molecule has 0 bridgehead atoms. The number of carbonyl (C=O) groups excluding carboxylic acids is 1. The van der Waals surface area contributed by atoms with E-state index in [-0.39, 0.29) is 11.4 Å². The van der Waals surface area contributed by atoms with E-state index < -0.39 is 5.91 Å². The van der Waals surface area contributed by atoms with Crippen LogP contribution >= 0.6 is 11.6 Å². The van der Waals surface area contributed by atoms with Gasteiger partial charge in [-0.1, -0.05) is 16.8 Å². The van der Waals surface area contributed by atoms with E-state index in [1.54, 1.807) is 24.3 Å². The smallest absolute Gasteiger partial charge is 0.277 e. The summed E-state index contributed by atoms with van der Waals surface area (Å²) in [5, 5.41) is 16.2. The molecule has 0 aliphatic carbocycles. The van der Waals surface area contributed by atoms with Crippen LogP contribution in [0.1, 0.15) is 10.5 Å². The number of anilines is 1. The van der Waals surface area contributed by atoms with Crippen LogP contribution in [0.15, 0.2) is 47.0 Å². The number of phenols is 1. The zero-order chi connectivity index (χ0) is 18.7. The zero-order valence-corrected chi connectivity index (χ0v) is 14.7. The Morgan fingerprint density at radius 1 is 1.12 bits per heavy atom. The number of carbonyl (C=O) groups is 1. The number of hydrogen-bond donors (Lipinski definition) is 2. The number of aromatic hydroxyl groups is 1. The van der Waals surface area contributed by atoms with Gasteiger partial charge >= 0.3 is 0 Å². The van der Waals surface area contributed by atoms with Gasteiger partial charge in [-0.2, -0.15) is 0 Å². The predicted molar refractivity (Wildman–Crippen MR) is 96.1 cm³/mol. The number of amides is 1. The van der Waals surface area contributed by atoms with Crippen LogP contribution in [0.5, 0.6) is 17.2 Å². The van der Waals surface area contributed by atoms with Crippen LogP contribution in [-0.4, -0.2) is 30.4 Å². The average molecular weight is 375 g/mol. The van der Waals surface area contributed by atoms with Crippen molar-refractivity contribution < 1.29 is 23.9 Å². The van der Waals surface area contributed by atoms with Gasteiger partial charge in [0.25, 0.3) is 5.91 Å². The molecule has 3 rings (SSSR count). The third kappa shape index (κ3) is 3.57. The average Bonchev–Trinajstić information content (AvgIpc) is 3.13. The van der Waals surface area contributed by atoms with Crippen molar-refractivity contribution in [1.29, 1.82) is 0 Å². The van der Waals surface area contributed by atoms with Crippen molar-refractivity contribution in [2.45, 2.75) is 0 Å². The number of aromatic nitrogens is 1. The number of phenolic OH excluding ortho intramolecular Hbond substituents is 1. The van der Waals surface area contributed by atoms with Crippen LogP contribution in [0.2, 0.25) is 5.02 Å². The summed E-state index contributed by atoms with van der Waals surface area (Å²) in [7, 11) is 2.94. The van der Waals surface area contributed by atoms with E-state index in [4.69, 9.17) is 25.6 Å². The minimum absolute atomic E-state index is 0.0871. The van der Waals surface area contributed by atoms with Crippen LogP contribution in [0.25, 0.3) is 11.3 Å². The molecule has 0 atom stereocenters. The first kappa shape index (κ1) is 17.6. The summed E-state index contributed by atoms with van der Waals surface area (Å²) in [6.07, 6.45) is 0. The van der Waals surface area contributed by atoms with Gasteiger partial charge in [-0.05, 0) is 24.3 Å². The van der Waals surface area contributed by atoms with Crippen molar-refractivity contribution in [3.05, 3.63) is 53.2 Å². The Morgan fingerprint density at radius 3 is 2.46 bits per heavy atom. The van der Waals surface area contributed by atoms with Crippen LogP contribution in [0, 0.1) is 0 Å². The van der Waals surface area contributed by atoms with E-state index in [0.29, 0.717) is 33.5 Å². The van der Waals surface area contributed by atoms with Crippen molar-refractivity contribution in [2.24, 2.45) is 0 Å². The summed E-state index contributed by atoms with van der Waals surface area (Å²) in [6, 6.07) is 10.9. The molecule has 2 aromatic carbocycles. The standard InChI is InChI=1S/C18H15ClN2O5/c1-24-16-8-13(17(25-2)7-12(16)19)20-18(23)14-9-15(26-21-14)10-3-5-11(22)6-4-10/h3-9,22H,1-2H3,(H,20,23). The monoisotopic (exact) mass is 374 g/mol. The summed E-state index contributed by atoms with van der Waals surface area (Å²) in [5.41, 5.74) is 1.15. The molecule has 8 heteroatoms. The molecular formula is C18H15ClN2O5. The number of nitrogens with zero attached hydrogens (tertiary/aromatic N) is 1. The van der Waals surface area contributed by atoms with Gasteiger partial charge in [-0.25, -0.2) is 0 Å². The molecule has 0 saturated heterocycles. The van der Waals surface area contributed by atoms with Crippen molar-refractivity contribution in [3.63, 3.8) is 0 Å². The number of methoxy groups -OCH3 is 2. The highest BCUT2D eigenvalue weighted by molar-refractivity contribution is 6.32. The lowest BCUT2D eigenvalue weighted by molar-refractivity contribution is 0.101. The molecule has 0 unspecified atom stereocenters. The minimum Gasteiger partial charge on any atom is -0.508 e. The van der Waals surface area contributed by atoms with Crippen LogP contribution in [-0.2, 0) is 0 Å². The Hall–Kier alpha value is -3.19. The first-order chi connectivity index (χ1) is 12.5. The van der Waals surface area contributed by atoms with E-state index in [1.807, 2.05) is 0 Å². The lowest BCUT2D eigenvalue weighted by Crippen LogP contribution is -2.13. The maximum atomic E-state index is 12.5. The molecule has 2 N–H and O–H groups in total. The van der Waals surface area contributed by atoms with E-state index in [1.165, 1.54) is 32.4 Å². The highest BCUT2D eigenvalue weighted by atomic mass is 35.5. The van der Waals surface area contributed by atoms with Crippen molar-refractivity contribution in [1.82, 2.24) is 5.16 Å². The SMILES string of the molecule is COc1cc(NC(=O)c2cc(-c3ccc(O)cc3)on2)c(OC)cc1Cl. The molecule has 134 valence electrons. The third-order valence-corrected chi connectivity index (χ3v) is 3.91. The molecule has 0 radical (unpaired) electrons. The van der Waals surface area contributed by atoms with Gasteiger partial charge in [0.1, 0.15) is 17.2 Å². The molecular weight excluding hydrogens is 360 g/mol. The van der Waals surface area contributed by atoms with E-state index in [0.717, 1.165) is 0 Å². The molecule has 26 heavy (non-hydrogen) atoms. The maximum Gasteiger partial charge on any atom is 0.277 e. The van der Waals surface area contributed by atoms with Crippen LogP contribution < -0.4 is 14.8 Å². The zero-order valence-electron chi connectivity index (χ0n) is 13.9. The molecule has 0 aliphatic rings. The Balaban J connectivity index is 1.84. The topological polar surface area (TPSA) is 93.8 Å². The molecule has 0 spiro atoms. The molecule has 0 fully saturated rings. The second kappa shape index (κ2) is 7.37. The largest absolute Gasteiger partial charge is 0.508 e. The van der Waals surface area contributed by atoms with Gasteiger partial charge in [-0.15, -0.1) is 0 Å². The summed E-state index contributed by atoms with van der Waals surface area (Å²) >= 11 is 6.05. The van der Waals surface area contributed by atoms with Gasteiger partial charge in [0.15, 0.2) is 11.5 Å². The second-order valence-corrected chi connectivity index (χ2v) is 5.67. The number of ether oxygens (including phenoxy) is 2. The minimum atomic E-state index is -0.485. The van der Waals surface area contributed by atoms with Crippen molar-refractivity contribution in [2.75, 3.05) is 19.5 Å². The molecule has 0 aliphatic heterocycles. The quantitative estimate of drug-likeness (QED) is 0.701. The number of benzene rings is 2. The maximum absolute atomic E-state index is 12.5. The van der Waals surface area contributed by atoms with Gasteiger partial charge in [0.2, 0.25) is 0 Å². The fourth-order valence-corrected chi connectivity index (χ4v) is 2.52. The Kier molecular flexibility index (Phi) is 4.99. The number of nitrogens with one attached hydrogen (secondary N) is 1. The summed E-state index contributed by atoms with van der Waals surface area (Å²) in [5.74, 6) is 0.825. The number of hydrogen-bond acceptors (Lipinski definition) is 6. The highest BCUT2D eigenvalue weighted by Crippen LogP contribution is 2.36. The third-order valence-electron chi connectivity index (χ3n) is 3.62. The molecule has 7 nitrogen and oxygen atoms in total. The summed E-state index contributed by atoms with van der Waals surface area (Å²) in [4.78, 5) is 12.5. The van der Waals surface area contributed by atoms with E-state index in [9.17, 15) is 9.90 Å². The fourth-order valence-electron chi connectivity index (χ4n) is 2.29. The normalized spacial score (nSPS) is 10.4. The van der Waals surface area contributed by atoms with Crippen LogP contribution in [0.3, 0.4) is 0 Å². The lowest BCUT2D eigenvalue weighted by atomic mass is 10.1. The molecule has 1 aromatic heterocycles. The van der Waals surface area contributed by atoms with Gasteiger partial charge < -0.3 is 24.4 Å². The first-order valence-corrected chi connectivity index (χ1v) is 7.88. The van der Waals surface area contributed by atoms with E-state index >= 15 is 0 Å². The Bertz CT molecular complexity index is 937. The molecule has 1 amide bonds. The van der Waals surface area contributed by atoms with E-state index in [2.05, 4.69) is 10.5 Å². The highest BCUT2D eigenvalue weighted by Gasteiger charge is 2.17. The van der Waals surface area contributed by atoms with Crippen molar-refractivity contribution in [3.8, 4) is 28.6 Å². The first-order valence-electron chi connectivity index (χ1n) is 7.51. The summed E-state index contributed by atoms with van der Waals surface area (Å²) < 4.78 is 15.6. The molecule has 0 saturated carbocycles. The predicted octanol–water partition coefficient (Wildman–Crippen LogP) is 3.97.